The molecular formula is C9H18N2O. The molecule has 3 N–H and O–H groups in total. The number of nitrogens with two attached hydrogens (primary N) is 1. The molecule has 1 unspecified atom stereocenters. The summed E-state index contributed by atoms with van der Waals surface area (Å²) in [5.41, 5.74) is 5.43. The largest absolute Gasteiger partial charge is 0.352 e. The zero-order chi connectivity index (χ0) is 9.19. The molecule has 0 saturated heterocycles. The van der Waals surface area contributed by atoms with E-state index in [1.54, 1.807) is 0 Å². The maximum Gasteiger partial charge on any atom is 0.312 e. The normalized spacial score (nSPS) is 28.0. The van der Waals surface area contributed by atoms with Gasteiger partial charge < -0.3 is 11.1 Å². The van der Waals surface area contributed by atoms with Crippen molar-refractivity contribution in [1.82, 2.24) is 5.32 Å². The van der Waals surface area contributed by atoms with Crippen molar-refractivity contribution in [1.29, 1.82) is 0 Å². The van der Waals surface area contributed by atoms with Gasteiger partial charge in [0.25, 0.3) is 0 Å². The standard InChI is InChI=1S/C9H18N2O/c1-9(2)5-3-4-7(6-9)11-8(10)12/h7H,3-6H2,1-2H3,(H3,10,11,12). The van der Waals surface area contributed by atoms with E-state index in [4.69, 9.17) is 5.73 Å². The van der Waals surface area contributed by atoms with Crippen LogP contribution in [0.15, 0.2) is 0 Å². The summed E-state index contributed by atoms with van der Waals surface area (Å²) in [4.78, 5) is 10.6. The third-order valence-electron chi connectivity index (χ3n) is 2.55. The van der Waals surface area contributed by atoms with Crippen LogP contribution >= 0.6 is 0 Å². The van der Waals surface area contributed by atoms with E-state index in [1.807, 2.05) is 0 Å². The fraction of sp³-hybridized carbons (Fsp3) is 0.889. The Morgan fingerprint density at radius 3 is 2.75 bits per heavy atom. The van der Waals surface area contributed by atoms with Crippen molar-refractivity contribution in [2.45, 2.75) is 45.6 Å². The van der Waals surface area contributed by atoms with Crippen LogP contribution in [0.1, 0.15) is 39.5 Å². The Morgan fingerprint density at radius 1 is 1.58 bits per heavy atom. The zero-order valence-corrected chi connectivity index (χ0v) is 7.89. The van der Waals surface area contributed by atoms with Crippen molar-refractivity contribution in [3.63, 3.8) is 0 Å². The van der Waals surface area contributed by atoms with Gasteiger partial charge in [0.2, 0.25) is 0 Å². The van der Waals surface area contributed by atoms with Crippen LogP contribution in [0.5, 0.6) is 0 Å². The van der Waals surface area contributed by atoms with E-state index >= 15 is 0 Å². The van der Waals surface area contributed by atoms with Crippen LogP contribution in [0.4, 0.5) is 4.79 Å². The van der Waals surface area contributed by atoms with Gasteiger partial charge in [0.15, 0.2) is 0 Å². The van der Waals surface area contributed by atoms with Gasteiger partial charge in [0.05, 0.1) is 0 Å². The first-order valence-electron chi connectivity index (χ1n) is 4.56. The van der Waals surface area contributed by atoms with Crippen molar-refractivity contribution >= 4 is 6.03 Å². The number of primary amides is 1. The molecule has 3 nitrogen and oxygen atoms in total. The summed E-state index contributed by atoms with van der Waals surface area (Å²) in [6.45, 7) is 4.48. The molecule has 1 fully saturated rings. The predicted octanol–water partition coefficient (Wildman–Crippen LogP) is 1.62. The van der Waals surface area contributed by atoms with E-state index in [0.717, 1.165) is 12.8 Å². The van der Waals surface area contributed by atoms with Gasteiger partial charge in [0.1, 0.15) is 0 Å². The second-order valence-electron chi connectivity index (χ2n) is 4.47. The Hall–Kier alpha value is -0.730. The smallest absolute Gasteiger partial charge is 0.312 e. The van der Waals surface area contributed by atoms with Crippen LogP contribution in [-0.2, 0) is 0 Å². The SMILES string of the molecule is CC1(C)CCCC(NC(N)=O)C1. The summed E-state index contributed by atoms with van der Waals surface area (Å²) in [5, 5.41) is 2.78. The maximum absolute atomic E-state index is 10.6. The quantitative estimate of drug-likeness (QED) is 0.617. The highest BCUT2D eigenvalue weighted by Crippen LogP contribution is 2.34. The number of hydrogen-bond acceptors (Lipinski definition) is 1. The topological polar surface area (TPSA) is 55.1 Å². The Balaban J connectivity index is 2.41. The molecule has 1 rings (SSSR count). The van der Waals surface area contributed by atoms with E-state index < -0.39 is 6.03 Å². The fourth-order valence-corrected chi connectivity index (χ4v) is 2.02. The lowest BCUT2D eigenvalue weighted by molar-refractivity contribution is 0.195. The van der Waals surface area contributed by atoms with Crippen molar-refractivity contribution < 1.29 is 4.79 Å². The van der Waals surface area contributed by atoms with Crippen molar-refractivity contribution in [2.24, 2.45) is 11.1 Å². The Labute approximate surface area is 73.7 Å². The molecule has 0 aromatic carbocycles. The van der Waals surface area contributed by atoms with Crippen LogP contribution in [0.25, 0.3) is 0 Å². The molecule has 0 radical (unpaired) electrons. The third-order valence-corrected chi connectivity index (χ3v) is 2.55. The van der Waals surface area contributed by atoms with Gasteiger partial charge in [-0.15, -0.1) is 0 Å². The molecular weight excluding hydrogens is 152 g/mol. The van der Waals surface area contributed by atoms with E-state index in [9.17, 15) is 4.79 Å². The first-order valence-corrected chi connectivity index (χ1v) is 4.56. The van der Waals surface area contributed by atoms with Crippen molar-refractivity contribution in [3.8, 4) is 0 Å². The first kappa shape index (κ1) is 9.36. The number of rotatable bonds is 1. The molecule has 1 aliphatic rings. The Kier molecular flexibility index (Phi) is 2.60. The molecule has 0 heterocycles. The second kappa shape index (κ2) is 3.33. The highest BCUT2D eigenvalue weighted by atomic mass is 16.2. The summed E-state index contributed by atoms with van der Waals surface area (Å²) < 4.78 is 0. The average Bonchev–Trinajstić information content (AvgIpc) is 1.82. The molecule has 3 heteroatoms. The molecule has 1 atom stereocenters. The molecule has 2 amide bonds. The molecule has 0 aliphatic heterocycles. The summed E-state index contributed by atoms with van der Waals surface area (Å²) in [5.74, 6) is 0. The van der Waals surface area contributed by atoms with Gasteiger partial charge >= 0.3 is 6.03 Å². The molecule has 0 spiro atoms. The van der Waals surface area contributed by atoms with E-state index in [1.165, 1.54) is 12.8 Å². The summed E-state index contributed by atoms with van der Waals surface area (Å²) in [6, 6.07) is -0.0936. The number of urea groups is 1. The zero-order valence-electron chi connectivity index (χ0n) is 7.89. The van der Waals surface area contributed by atoms with Crippen LogP contribution in [0, 0.1) is 5.41 Å². The lowest BCUT2D eigenvalue weighted by Crippen LogP contribution is -2.43. The number of carbonyl (C=O) groups excluding carboxylic acids is 1. The van der Waals surface area contributed by atoms with E-state index in [2.05, 4.69) is 19.2 Å². The lowest BCUT2D eigenvalue weighted by Gasteiger charge is -2.35. The molecule has 0 bridgehead atoms. The second-order valence-corrected chi connectivity index (χ2v) is 4.47. The third kappa shape index (κ3) is 2.72. The Morgan fingerprint density at radius 2 is 2.25 bits per heavy atom. The monoisotopic (exact) mass is 170 g/mol. The molecule has 0 aromatic heterocycles. The van der Waals surface area contributed by atoms with Gasteiger partial charge in [0, 0.05) is 6.04 Å². The van der Waals surface area contributed by atoms with Gasteiger partial charge in [-0.1, -0.05) is 20.3 Å². The molecule has 0 aromatic rings. The number of hydrogen-bond donors (Lipinski definition) is 2. The van der Waals surface area contributed by atoms with Gasteiger partial charge in [-0.2, -0.15) is 0 Å². The van der Waals surface area contributed by atoms with E-state index in [0.29, 0.717) is 11.5 Å². The highest BCUT2D eigenvalue weighted by Gasteiger charge is 2.28. The van der Waals surface area contributed by atoms with Crippen molar-refractivity contribution in [2.75, 3.05) is 0 Å². The van der Waals surface area contributed by atoms with Gasteiger partial charge in [-0.05, 0) is 24.7 Å². The minimum absolute atomic E-state index is 0.297. The predicted molar refractivity (Wildman–Crippen MR) is 48.8 cm³/mol. The molecule has 1 saturated carbocycles. The molecule has 1 aliphatic carbocycles. The van der Waals surface area contributed by atoms with E-state index in [-0.39, 0.29) is 0 Å². The average molecular weight is 170 g/mol. The first-order chi connectivity index (χ1) is 5.49. The lowest BCUT2D eigenvalue weighted by atomic mass is 9.75. The van der Waals surface area contributed by atoms with Crippen LogP contribution in [-0.4, -0.2) is 12.1 Å². The summed E-state index contributed by atoms with van der Waals surface area (Å²) >= 11 is 0. The van der Waals surface area contributed by atoms with Crippen LogP contribution < -0.4 is 11.1 Å². The summed E-state index contributed by atoms with van der Waals surface area (Å²) in [7, 11) is 0. The van der Waals surface area contributed by atoms with Crippen LogP contribution in [0.3, 0.4) is 0 Å². The Bertz CT molecular complexity index is 177. The minimum atomic E-state index is -0.391. The highest BCUT2D eigenvalue weighted by molar-refractivity contribution is 5.71. The summed E-state index contributed by atoms with van der Waals surface area (Å²) in [6.07, 6.45) is 4.57. The van der Waals surface area contributed by atoms with Gasteiger partial charge in [-0.25, -0.2) is 4.79 Å². The van der Waals surface area contributed by atoms with Crippen LogP contribution in [0.2, 0.25) is 0 Å². The fourth-order valence-electron chi connectivity index (χ4n) is 2.02. The molecule has 12 heavy (non-hydrogen) atoms. The van der Waals surface area contributed by atoms with Gasteiger partial charge in [-0.3, -0.25) is 0 Å². The minimum Gasteiger partial charge on any atom is -0.352 e. The van der Waals surface area contributed by atoms with Crippen molar-refractivity contribution in [3.05, 3.63) is 0 Å². The number of nitrogens with one attached hydrogen (secondary N) is 1. The number of amides is 2. The number of carbonyl (C=O) groups is 1. The maximum atomic E-state index is 10.6. The molecule has 70 valence electrons.